The average molecular weight is 312 g/mol. The van der Waals surface area contributed by atoms with Gasteiger partial charge < -0.3 is 10.3 Å². The molecule has 0 saturated heterocycles. The lowest BCUT2D eigenvalue weighted by molar-refractivity contribution is -0.134. The van der Waals surface area contributed by atoms with Gasteiger partial charge in [-0.2, -0.15) is 13.2 Å². The van der Waals surface area contributed by atoms with Crippen LogP contribution in [0.5, 0.6) is 0 Å². The second-order valence-corrected chi connectivity index (χ2v) is 5.56. The van der Waals surface area contributed by atoms with Gasteiger partial charge in [0.05, 0.1) is 23.3 Å². The monoisotopic (exact) mass is 312 g/mol. The second-order valence-electron chi connectivity index (χ2n) is 4.53. The fourth-order valence-corrected chi connectivity index (χ4v) is 2.67. The lowest BCUT2D eigenvalue weighted by atomic mass is 10.3. The summed E-state index contributed by atoms with van der Waals surface area (Å²) in [5, 5.41) is 3.14. The molecule has 1 unspecified atom stereocenters. The van der Waals surface area contributed by atoms with Gasteiger partial charge in [-0.25, -0.2) is 9.97 Å². The molecular weight excluding hydrogens is 301 g/mol. The standard InChI is InChI=1S/C13H11F3N4S/c1-7(11-19-8-4-2-3-5-9(8)20-11)18-12-17-6-10(21-12)13(14,15)16/h2-7H,1H3,(H,17,18)(H,19,20). The second kappa shape index (κ2) is 5.03. The molecule has 0 spiro atoms. The van der Waals surface area contributed by atoms with Crippen LogP contribution in [0.15, 0.2) is 30.5 Å². The van der Waals surface area contributed by atoms with Crippen LogP contribution in [0.3, 0.4) is 0 Å². The number of anilines is 1. The molecule has 3 aromatic rings. The van der Waals surface area contributed by atoms with Crippen LogP contribution in [0, 0.1) is 0 Å². The van der Waals surface area contributed by atoms with E-state index in [2.05, 4.69) is 20.3 Å². The molecule has 1 atom stereocenters. The van der Waals surface area contributed by atoms with Crippen molar-refractivity contribution in [2.24, 2.45) is 0 Å². The Kier molecular flexibility index (Phi) is 3.32. The number of aromatic nitrogens is 3. The largest absolute Gasteiger partial charge is 0.427 e. The van der Waals surface area contributed by atoms with Crippen molar-refractivity contribution in [1.29, 1.82) is 0 Å². The first-order chi connectivity index (χ1) is 9.93. The van der Waals surface area contributed by atoms with Crippen LogP contribution < -0.4 is 5.32 Å². The van der Waals surface area contributed by atoms with Gasteiger partial charge in [0.2, 0.25) is 0 Å². The number of thiazole rings is 1. The highest BCUT2D eigenvalue weighted by molar-refractivity contribution is 7.15. The third-order valence-corrected chi connectivity index (χ3v) is 3.92. The number of aromatic amines is 1. The van der Waals surface area contributed by atoms with Crippen molar-refractivity contribution >= 4 is 27.5 Å². The Balaban J connectivity index is 1.79. The molecule has 21 heavy (non-hydrogen) atoms. The Morgan fingerprint density at radius 2 is 2.05 bits per heavy atom. The van der Waals surface area contributed by atoms with Crippen molar-refractivity contribution in [2.75, 3.05) is 5.32 Å². The van der Waals surface area contributed by atoms with Crippen LogP contribution in [0.2, 0.25) is 0 Å². The molecule has 0 aliphatic heterocycles. The van der Waals surface area contributed by atoms with Crippen LogP contribution in [0.1, 0.15) is 23.7 Å². The van der Waals surface area contributed by atoms with E-state index in [9.17, 15) is 13.2 Å². The molecule has 4 nitrogen and oxygen atoms in total. The first kappa shape index (κ1) is 13.9. The zero-order valence-electron chi connectivity index (χ0n) is 10.9. The summed E-state index contributed by atoms with van der Waals surface area (Å²) in [7, 11) is 0. The number of benzene rings is 1. The third kappa shape index (κ3) is 2.85. The van der Waals surface area contributed by atoms with Crippen LogP contribution in [-0.4, -0.2) is 15.0 Å². The van der Waals surface area contributed by atoms with Crippen molar-refractivity contribution in [3.05, 3.63) is 41.2 Å². The van der Waals surface area contributed by atoms with Gasteiger partial charge in [-0.15, -0.1) is 0 Å². The minimum atomic E-state index is -4.36. The van der Waals surface area contributed by atoms with E-state index in [4.69, 9.17) is 0 Å². The summed E-state index contributed by atoms with van der Waals surface area (Å²) in [6.45, 7) is 1.81. The molecule has 3 rings (SSSR count). The first-order valence-corrected chi connectivity index (χ1v) is 6.99. The Labute approximate surface area is 122 Å². The molecule has 2 N–H and O–H groups in total. The van der Waals surface area contributed by atoms with E-state index in [1.54, 1.807) is 0 Å². The normalized spacial score (nSPS) is 13.5. The molecular formula is C13H11F3N4S. The molecule has 0 aliphatic carbocycles. The van der Waals surface area contributed by atoms with E-state index >= 15 is 0 Å². The molecule has 110 valence electrons. The van der Waals surface area contributed by atoms with Crippen molar-refractivity contribution in [2.45, 2.75) is 19.1 Å². The number of alkyl halides is 3. The van der Waals surface area contributed by atoms with Crippen molar-refractivity contribution in [3.63, 3.8) is 0 Å². The SMILES string of the molecule is CC(Nc1ncc(C(F)(F)F)s1)c1nc2ccccc2[nH]1. The molecule has 0 aliphatic rings. The van der Waals surface area contributed by atoms with Crippen molar-refractivity contribution in [1.82, 2.24) is 15.0 Å². The third-order valence-electron chi connectivity index (χ3n) is 2.94. The highest BCUT2D eigenvalue weighted by Gasteiger charge is 2.33. The fraction of sp³-hybridized carbons (Fsp3) is 0.231. The maximum Gasteiger partial charge on any atom is 0.427 e. The maximum absolute atomic E-state index is 12.5. The number of imidazole rings is 1. The highest BCUT2D eigenvalue weighted by Crippen LogP contribution is 2.35. The molecule has 0 bridgehead atoms. The van der Waals surface area contributed by atoms with Crippen LogP contribution in [-0.2, 0) is 6.18 Å². The van der Waals surface area contributed by atoms with Gasteiger partial charge in [0.1, 0.15) is 10.7 Å². The molecule has 0 saturated carbocycles. The van der Waals surface area contributed by atoms with Gasteiger partial charge in [0.25, 0.3) is 0 Å². The van der Waals surface area contributed by atoms with E-state index in [1.165, 1.54) is 0 Å². The number of hydrogen-bond donors (Lipinski definition) is 2. The number of fused-ring (bicyclic) bond motifs is 1. The summed E-state index contributed by atoms with van der Waals surface area (Å²) in [5.74, 6) is 0.653. The lowest BCUT2D eigenvalue weighted by Gasteiger charge is -2.09. The molecule has 0 fully saturated rings. The molecule has 2 heterocycles. The van der Waals surface area contributed by atoms with Crippen molar-refractivity contribution < 1.29 is 13.2 Å². The number of hydrogen-bond acceptors (Lipinski definition) is 4. The number of rotatable bonds is 3. The zero-order valence-corrected chi connectivity index (χ0v) is 11.7. The Bertz CT molecular complexity index is 729. The maximum atomic E-state index is 12.5. The van der Waals surface area contributed by atoms with Gasteiger partial charge in [0.15, 0.2) is 5.13 Å². The molecule has 8 heteroatoms. The first-order valence-electron chi connectivity index (χ1n) is 6.17. The summed E-state index contributed by atoms with van der Waals surface area (Å²) >= 11 is 0.581. The summed E-state index contributed by atoms with van der Waals surface area (Å²) in [6.07, 6.45) is -3.53. The van der Waals surface area contributed by atoms with Crippen LogP contribution in [0.25, 0.3) is 11.0 Å². The van der Waals surface area contributed by atoms with Gasteiger partial charge in [-0.1, -0.05) is 23.5 Å². The Morgan fingerprint density at radius 3 is 2.71 bits per heavy atom. The Morgan fingerprint density at radius 1 is 1.29 bits per heavy atom. The molecule has 2 aromatic heterocycles. The van der Waals surface area contributed by atoms with Gasteiger partial charge >= 0.3 is 6.18 Å². The summed E-state index contributed by atoms with van der Waals surface area (Å²) in [4.78, 5) is 10.6. The highest BCUT2D eigenvalue weighted by atomic mass is 32.1. The van der Waals surface area contributed by atoms with Gasteiger partial charge in [-0.05, 0) is 19.1 Å². The predicted octanol–water partition coefficient (Wildman–Crippen LogP) is 4.21. The van der Waals surface area contributed by atoms with E-state index in [0.29, 0.717) is 17.2 Å². The quantitative estimate of drug-likeness (QED) is 0.761. The molecule has 0 radical (unpaired) electrons. The number of halogens is 3. The number of para-hydroxylation sites is 2. The fourth-order valence-electron chi connectivity index (χ4n) is 1.90. The van der Waals surface area contributed by atoms with E-state index in [1.807, 2.05) is 31.2 Å². The van der Waals surface area contributed by atoms with Gasteiger partial charge in [-0.3, -0.25) is 0 Å². The van der Waals surface area contributed by atoms with Crippen LogP contribution >= 0.6 is 11.3 Å². The zero-order chi connectivity index (χ0) is 15.0. The predicted molar refractivity (Wildman–Crippen MR) is 75.2 cm³/mol. The Hall–Kier alpha value is -2.09. The summed E-state index contributed by atoms with van der Waals surface area (Å²) < 4.78 is 37.6. The number of nitrogens with zero attached hydrogens (tertiary/aromatic N) is 2. The lowest BCUT2D eigenvalue weighted by Crippen LogP contribution is -2.07. The average Bonchev–Trinajstić information content (AvgIpc) is 3.03. The molecule has 0 amide bonds. The summed E-state index contributed by atoms with van der Waals surface area (Å²) in [5.41, 5.74) is 1.70. The number of nitrogens with one attached hydrogen (secondary N) is 2. The topological polar surface area (TPSA) is 53.6 Å². The van der Waals surface area contributed by atoms with Crippen molar-refractivity contribution in [3.8, 4) is 0 Å². The van der Waals surface area contributed by atoms with E-state index in [-0.39, 0.29) is 11.2 Å². The van der Waals surface area contributed by atoms with E-state index < -0.39 is 11.1 Å². The molecule has 1 aromatic carbocycles. The summed E-state index contributed by atoms with van der Waals surface area (Å²) in [6, 6.07) is 7.25. The smallest absolute Gasteiger partial charge is 0.352 e. The van der Waals surface area contributed by atoms with Crippen LogP contribution in [0.4, 0.5) is 18.3 Å². The van der Waals surface area contributed by atoms with Gasteiger partial charge in [0, 0.05) is 0 Å². The number of H-pyrrole nitrogens is 1. The van der Waals surface area contributed by atoms with E-state index in [0.717, 1.165) is 17.2 Å². The minimum absolute atomic E-state index is 0.218. The minimum Gasteiger partial charge on any atom is -0.352 e.